The summed E-state index contributed by atoms with van der Waals surface area (Å²) in [6.07, 6.45) is 0. The molecule has 35 heavy (non-hydrogen) atoms. The summed E-state index contributed by atoms with van der Waals surface area (Å²) in [4.78, 5) is 15.2. The average molecular weight is 518 g/mol. The van der Waals surface area contributed by atoms with Crippen molar-refractivity contribution in [3.8, 4) is 11.5 Å². The predicted octanol–water partition coefficient (Wildman–Crippen LogP) is 1.45. The topological polar surface area (TPSA) is 135 Å². The maximum absolute atomic E-state index is 11.1. The van der Waals surface area contributed by atoms with E-state index in [0.717, 1.165) is 0 Å². The first-order valence-electron chi connectivity index (χ1n) is 11.4. The molecule has 11 nitrogen and oxygen atoms in total. The predicted molar refractivity (Wildman–Crippen MR) is 130 cm³/mol. The van der Waals surface area contributed by atoms with E-state index in [-0.39, 0.29) is 12.4 Å². The summed E-state index contributed by atoms with van der Waals surface area (Å²) in [5.74, 6) is -0.399. The van der Waals surface area contributed by atoms with E-state index in [1.165, 1.54) is 11.8 Å². The minimum Gasteiger partial charge on any atom is -0.504 e. The number of carboxylic acids is 1. The van der Waals surface area contributed by atoms with Gasteiger partial charge in [0.15, 0.2) is 17.5 Å². The second-order valence-corrected chi connectivity index (χ2v) is 8.16. The van der Waals surface area contributed by atoms with Crippen molar-refractivity contribution in [2.45, 2.75) is 6.04 Å². The highest BCUT2D eigenvalue weighted by molar-refractivity contribution is 8.14. The number of hydrogen-bond acceptors (Lipinski definition) is 11. The van der Waals surface area contributed by atoms with Gasteiger partial charge < -0.3 is 43.4 Å². The minimum atomic E-state index is -0.978. The van der Waals surface area contributed by atoms with Gasteiger partial charge >= 0.3 is 5.97 Å². The molecule has 1 unspecified atom stereocenters. The van der Waals surface area contributed by atoms with Crippen molar-refractivity contribution in [2.75, 3.05) is 92.1 Å². The second kappa shape index (κ2) is 18.4. The van der Waals surface area contributed by atoms with Crippen LogP contribution in [0.1, 0.15) is 5.56 Å². The molecule has 0 spiro atoms. The maximum atomic E-state index is 11.1. The second-order valence-electron chi connectivity index (χ2n) is 7.15. The van der Waals surface area contributed by atoms with Crippen LogP contribution in [0.4, 0.5) is 0 Å². The standard InChI is InChI=1S/C23H35NO10S/c1-28-5-6-29-7-8-30-9-10-31-11-12-32-13-14-33-15-16-34-20-4-2-3-18(21(20)25)22-24-19(17-35-22)23(26)27/h2-4,19,25H,5-17H2,1H3,(H,26,27). The van der Waals surface area contributed by atoms with Gasteiger partial charge in [0.05, 0.1) is 78.2 Å². The third kappa shape index (κ3) is 12.0. The summed E-state index contributed by atoms with van der Waals surface area (Å²) in [5.41, 5.74) is 0.464. The maximum Gasteiger partial charge on any atom is 0.329 e. The number of nitrogens with zero attached hydrogens (tertiary/aromatic N) is 1. The molecule has 1 atom stereocenters. The van der Waals surface area contributed by atoms with Gasteiger partial charge in [0.25, 0.3) is 0 Å². The van der Waals surface area contributed by atoms with Gasteiger partial charge in [0, 0.05) is 12.9 Å². The number of carboxylic acid groups (broad SMARTS) is 1. The number of ether oxygens (including phenoxy) is 7. The van der Waals surface area contributed by atoms with Crippen molar-refractivity contribution in [3.63, 3.8) is 0 Å². The van der Waals surface area contributed by atoms with Gasteiger partial charge in [0.1, 0.15) is 11.7 Å². The van der Waals surface area contributed by atoms with Crippen LogP contribution in [0.3, 0.4) is 0 Å². The molecule has 0 saturated carbocycles. The summed E-state index contributed by atoms with van der Waals surface area (Å²) in [6.45, 7) is 5.56. The molecule has 0 saturated heterocycles. The Kier molecular flexibility index (Phi) is 15.4. The van der Waals surface area contributed by atoms with Crippen molar-refractivity contribution in [2.24, 2.45) is 4.99 Å². The van der Waals surface area contributed by atoms with Crippen molar-refractivity contribution < 1.29 is 48.2 Å². The zero-order valence-electron chi connectivity index (χ0n) is 20.0. The summed E-state index contributed by atoms with van der Waals surface area (Å²) in [7, 11) is 1.63. The SMILES string of the molecule is COCCOCCOCCOCCOCCOCCOc1cccc(C2=NC(C(=O)O)CS2)c1O. The van der Waals surface area contributed by atoms with Gasteiger partial charge in [-0.2, -0.15) is 0 Å². The molecule has 0 bridgehead atoms. The summed E-state index contributed by atoms with van der Waals surface area (Å²) < 4.78 is 37.4. The van der Waals surface area contributed by atoms with E-state index in [9.17, 15) is 9.90 Å². The lowest BCUT2D eigenvalue weighted by atomic mass is 10.2. The Morgan fingerprint density at radius 3 is 1.89 bits per heavy atom. The van der Waals surface area contributed by atoms with Crippen LogP contribution in [-0.4, -0.2) is 119 Å². The van der Waals surface area contributed by atoms with Gasteiger partial charge in [-0.05, 0) is 12.1 Å². The van der Waals surface area contributed by atoms with Crippen LogP contribution in [0, 0.1) is 0 Å². The number of rotatable bonds is 21. The Morgan fingerprint density at radius 1 is 0.886 bits per heavy atom. The fourth-order valence-electron chi connectivity index (χ4n) is 2.79. The molecular formula is C23H35NO10S. The minimum absolute atomic E-state index is 0.0612. The van der Waals surface area contributed by atoms with E-state index in [2.05, 4.69) is 4.99 Å². The molecule has 1 aromatic rings. The van der Waals surface area contributed by atoms with Crippen molar-refractivity contribution in [1.29, 1.82) is 0 Å². The molecule has 1 aliphatic heterocycles. The van der Waals surface area contributed by atoms with Crippen LogP contribution < -0.4 is 4.74 Å². The number of hydrogen-bond donors (Lipinski definition) is 2. The quantitative estimate of drug-likeness (QED) is 0.229. The van der Waals surface area contributed by atoms with Crippen LogP contribution in [0.5, 0.6) is 11.5 Å². The highest BCUT2D eigenvalue weighted by Gasteiger charge is 2.27. The molecule has 1 aliphatic rings. The Hall–Kier alpha value is -1.93. The monoisotopic (exact) mass is 517 g/mol. The Morgan fingerprint density at radius 2 is 1.40 bits per heavy atom. The first kappa shape index (κ1) is 29.3. The number of carbonyl (C=O) groups is 1. The van der Waals surface area contributed by atoms with Gasteiger partial charge in [-0.3, -0.25) is 4.99 Å². The van der Waals surface area contributed by atoms with Crippen molar-refractivity contribution in [3.05, 3.63) is 23.8 Å². The summed E-state index contributed by atoms with van der Waals surface area (Å²) in [6, 6.07) is 4.25. The Balaban J connectivity index is 1.44. The molecule has 2 rings (SSSR count). The lowest BCUT2D eigenvalue weighted by Gasteiger charge is -2.11. The van der Waals surface area contributed by atoms with Gasteiger partial charge in [-0.25, -0.2) is 4.79 Å². The molecule has 0 radical (unpaired) electrons. The van der Waals surface area contributed by atoms with E-state index in [4.69, 9.17) is 38.3 Å². The molecule has 0 aromatic heterocycles. The number of aliphatic imine (C=N–C) groups is 1. The molecule has 0 amide bonds. The van der Waals surface area contributed by atoms with Crippen molar-refractivity contribution in [1.82, 2.24) is 0 Å². The van der Waals surface area contributed by atoms with Gasteiger partial charge in [0.2, 0.25) is 0 Å². The number of thioether (sulfide) groups is 1. The van der Waals surface area contributed by atoms with Crippen LogP contribution in [0.25, 0.3) is 0 Å². The van der Waals surface area contributed by atoms with Gasteiger partial charge in [-0.15, -0.1) is 11.8 Å². The molecule has 1 heterocycles. The third-order valence-corrected chi connectivity index (χ3v) is 5.65. The van der Waals surface area contributed by atoms with Crippen LogP contribution in [0.15, 0.2) is 23.2 Å². The normalized spacial score (nSPS) is 15.3. The molecule has 198 valence electrons. The lowest BCUT2D eigenvalue weighted by Crippen LogP contribution is -2.17. The highest BCUT2D eigenvalue weighted by Crippen LogP contribution is 2.35. The fraction of sp³-hybridized carbons (Fsp3) is 0.652. The molecule has 0 aliphatic carbocycles. The summed E-state index contributed by atoms with van der Waals surface area (Å²) in [5, 5.41) is 20.0. The van der Waals surface area contributed by atoms with E-state index < -0.39 is 12.0 Å². The molecule has 2 N–H and O–H groups in total. The number of phenolic OH excluding ortho intramolecular Hbond substituents is 1. The fourth-order valence-corrected chi connectivity index (χ4v) is 3.85. The Bertz CT molecular complexity index is 764. The van der Waals surface area contributed by atoms with Crippen molar-refractivity contribution >= 4 is 22.8 Å². The number of phenols is 1. The van der Waals surface area contributed by atoms with Crippen LogP contribution >= 0.6 is 11.8 Å². The zero-order chi connectivity index (χ0) is 25.1. The molecule has 12 heteroatoms. The molecular weight excluding hydrogens is 482 g/mol. The highest BCUT2D eigenvalue weighted by atomic mass is 32.2. The van der Waals surface area contributed by atoms with Crippen LogP contribution in [0.2, 0.25) is 0 Å². The van der Waals surface area contributed by atoms with E-state index in [0.29, 0.717) is 94.8 Å². The Labute approximate surface area is 209 Å². The van der Waals surface area contributed by atoms with Gasteiger partial charge in [-0.1, -0.05) is 6.07 Å². The first-order valence-corrected chi connectivity index (χ1v) is 12.4. The zero-order valence-corrected chi connectivity index (χ0v) is 20.8. The summed E-state index contributed by atoms with van der Waals surface area (Å²) >= 11 is 1.30. The number of benzene rings is 1. The number of aromatic hydroxyl groups is 1. The molecule has 1 aromatic carbocycles. The van der Waals surface area contributed by atoms with E-state index >= 15 is 0 Å². The third-order valence-electron chi connectivity index (χ3n) is 4.57. The number of aliphatic carboxylic acids is 1. The average Bonchev–Trinajstić information content (AvgIpc) is 3.35. The van der Waals surface area contributed by atoms with Crippen LogP contribution in [-0.2, 0) is 33.2 Å². The largest absolute Gasteiger partial charge is 0.504 e. The first-order chi connectivity index (χ1) is 17.1. The number of para-hydroxylation sites is 1. The molecule has 0 fully saturated rings. The smallest absolute Gasteiger partial charge is 0.329 e. The number of methoxy groups -OCH3 is 1. The van der Waals surface area contributed by atoms with E-state index in [1.807, 2.05) is 0 Å². The van der Waals surface area contributed by atoms with E-state index in [1.54, 1.807) is 25.3 Å². The lowest BCUT2D eigenvalue weighted by molar-refractivity contribution is -0.137.